The van der Waals surface area contributed by atoms with Crippen LogP contribution in [-0.2, 0) is 0 Å². The summed E-state index contributed by atoms with van der Waals surface area (Å²) in [6.45, 7) is 9.53. The highest BCUT2D eigenvalue weighted by Gasteiger charge is 2.30. The number of hydrogen-bond acceptors (Lipinski definition) is 3. The number of rotatable bonds is 6. The molecule has 0 saturated carbocycles. The molecule has 0 aliphatic heterocycles. The van der Waals surface area contributed by atoms with Crippen molar-refractivity contribution < 1.29 is 0 Å². The van der Waals surface area contributed by atoms with Crippen LogP contribution < -0.4 is 11.5 Å². The van der Waals surface area contributed by atoms with Gasteiger partial charge in [0, 0.05) is 17.5 Å². The molecule has 0 spiro atoms. The fourth-order valence-corrected chi connectivity index (χ4v) is 2.45. The summed E-state index contributed by atoms with van der Waals surface area (Å²) in [4.78, 5) is 0. The monoisotopic (exact) mass is 261 g/mol. The smallest absolute Gasteiger partial charge is 0.0403 e. The van der Waals surface area contributed by atoms with Crippen LogP contribution in [0, 0.1) is 16.7 Å². The minimum atomic E-state index is 0.0414. The third kappa shape index (κ3) is 3.80. The molecular formula is C16H27N3. The van der Waals surface area contributed by atoms with E-state index >= 15 is 0 Å². The molecule has 0 radical (unpaired) electrons. The minimum absolute atomic E-state index is 0.0414. The lowest BCUT2D eigenvalue weighted by molar-refractivity contribution is 0.260. The van der Waals surface area contributed by atoms with E-state index in [1.807, 2.05) is 12.1 Å². The summed E-state index contributed by atoms with van der Waals surface area (Å²) >= 11 is 0. The van der Waals surface area contributed by atoms with Crippen LogP contribution in [0.3, 0.4) is 0 Å². The lowest BCUT2D eigenvalue weighted by Gasteiger charge is -2.35. The molecule has 0 aliphatic rings. The van der Waals surface area contributed by atoms with E-state index in [-0.39, 0.29) is 5.41 Å². The maximum absolute atomic E-state index is 7.43. The van der Waals surface area contributed by atoms with E-state index in [0.717, 1.165) is 12.0 Å². The summed E-state index contributed by atoms with van der Waals surface area (Å²) in [6, 6.07) is 6.01. The highest BCUT2D eigenvalue weighted by Crippen LogP contribution is 2.40. The molecule has 3 heteroatoms. The van der Waals surface area contributed by atoms with E-state index < -0.39 is 0 Å². The van der Waals surface area contributed by atoms with Crippen LogP contribution in [0.15, 0.2) is 18.2 Å². The number of hydrogen-bond donors (Lipinski definition) is 3. The van der Waals surface area contributed by atoms with E-state index in [1.54, 1.807) is 0 Å². The van der Waals surface area contributed by atoms with Gasteiger partial charge < -0.3 is 16.9 Å². The predicted molar refractivity (Wildman–Crippen MR) is 83.8 cm³/mol. The second kappa shape index (κ2) is 6.20. The first-order chi connectivity index (χ1) is 8.81. The highest BCUT2D eigenvalue weighted by atomic mass is 14.6. The number of benzene rings is 1. The minimum Gasteiger partial charge on any atom is -0.398 e. The van der Waals surface area contributed by atoms with Gasteiger partial charge in [-0.2, -0.15) is 0 Å². The molecule has 0 fully saturated rings. The Morgan fingerprint density at radius 1 is 1.32 bits per heavy atom. The van der Waals surface area contributed by atoms with Gasteiger partial charge in [0.05, 0.1) is 0 Å². The molecule has 3 nitrogen and oxygen atoms in total. The average Bonchev–Trinajstić information content (AvgIpc) is 2.36. The van der Waals surface area contributed by atoms with Gasteiger partial charge in [0.1, 0.15) is 0 Å². The Kier molecular flexibility index (Phi) is 5.12. The van der Waals surface area contributed by atoms with E-state index in [4.69, 9.17) is 16.9 Å². The molecule has 0 saturated heterocycles. The van der Waals surface area contributed by atoms with Crippen LogP contribution in [0.4, 0.5) is 5.69 Å². The summed E-state index contributed by atoms with van der Waals surface area (Å²) in [6.07, 6.45) is 2.41. The molecule has 1 aromatic carbocycles. The van der Waals surface area contributed by atoms with Crippen molar-refractivity contribution in [2.75, 3.05) is 12.3 Å². The van der Waals surface area contributed by atoms with Gasteiger partial charge in [0.2, 0.25) is 0 Å². The van der Waals surface area contributed by atoms with Gasteiger partial charge in [-0.25, -0.2) is 0 Å². The van der Waals surface area contributed by atoms with Gasteiger partial charge in [0.25, 0.3) is 0 Å². The Labute approximate surface area is 116 Å². The number of anilines is 1. The molecule has 1 aromatic rings. The molecule has 0 heterocycles. The normalized spacial score (nSPS) is 13.6. The van der Waals surface area contributed by atoms with Crippen molar-refractivity contribution in [2.24, 2.45) is 17.1 Å². The molecule has 1 unspecified atom stereocenters. The lowest BCUT2D eigenvalue weighted by Crippen LogP contribution is -2.31. The Morgan fingerprint density at radius 3 is 2.42 bits per heavy atom. The Morgan fingerprint density at radius 2 is 1.95 bits per heavy atom. The zero-order valence-electron chi connectivity index (χ0n) is 12.5. The fraction of sp³-hybridized carbons (Fsp3) is 0.562. The van der Waals surface area contributed by atoms with Crippen molar-refractivity contribution in [2.45, 2.75) is 40.0 Å². The van der Waals surface area contributed by atoms with Crippen molar-refractivity contribution in [1.82, 2.24) is 0 Å². The standard InChI is InChI=1S/C16H27N3/c1-11(2)7-14(16(3,4)10-18)12-5-6-15(19)13(8-12)9-17/h5-6,8-9,11,14,17H,7,10,18-19H2,1-4H3. The van der Waals surface area contributed by atoms with Crippen molar-refractivity contribution in [3.05, 3.63) is 29.3 Å². The Balaban J connectivity index is 3.21. The average molecular weight is 261 g/mol. The van der Waals surface area contributed by atoms with Crippen molar-refractivity contribution >= 4 is 11.9 Å². The second-order valence-corrected chi connectivity index (χ2v) is 6.41. The molecule has 106 valence electrons. The van der Waals surface area contributed by atoms with Crippen molar-refractivity contribution in [3.8, 4) is 0 Å². The number of nitrogens with one attached hydrogen (secondary N) is 1. The summed E-state index contributed by atoms with van der Waals surface area (Å²) in [5, 5.41) is 7.43. The van der Waals surface area contributed by atoms with Crippen LogP contribution >= 0.6 is 0 Å². The number of nitrogens with two attached hydrogens (primary N) is 2. The highest BCUT2D eigenvalue weighted by molar-refractivity contribution is 5.85. The molecule has 1 atom stereocenters. The van der Waals surface area contributed by atoms with Crippen molar-refractivity contribution in [1.29, 1.82) is 5.41 Å². The summed E-state index contributed by atoms with van der Waals surface area (Å²) in [5.74, 6) is 0.994. The summed E-state index contributed by atoms with van der Waals surface area (Å²) in [7, 11) is 0. The molecule has 0 aliphatic carbocycles. The zero-order valence-corrected chi connectivity index (χ0v) is 12.5. The van der Waals surface area contributed by atoms with E-state index in [9.17, 15) is 0 Å². The van der Waals surface area contributed by atoms with E-state index in [2.05, 4.69) is 33.8 Å². The third-order valence-corrected chi connectivity index (χ3v) is 3.85. The molecule has 5 N–H and O–H groups in total. The van der Waals surface area contributed by atoms with Crippen molar-refractivity contribution in [3.63, 3.8) is 0 Å². The van der Waals surface area contributed by atoms with Crippen LogP contribution in [0.5, 0.6) is 0 Å². The van der Waals surface area contributed by atoms with Gasteiger partial charge in [-0.05, 0) is 47.9 Å². The molecule has 0 aromatic heterocycles. The first-order valence-electron chi connectivity index (χ1n) is 6.91. The largest absolute Gasteiger partial charge is 0.398 e. The van der Waals surface area contributed by atoms with E-state index in [0.29, 0.717) is 24.1 Å². The Bertz CT molecular complexity index is 436. The molecule has 19 heavy (non-hydrogen) atoms. The Hall–Kier alpha value is -1.35. The fourth-order valence-electron chi connectivity index (χ4n) is 2.45. The first-order valence-corrected chi connectivity index (χ1v) is 6.91. The van der Waals surface area contributed by atoms with Gasteiger partial charge >= 0.3 is 0 Å². The SMILES string of the molecule is CC(C)CC(c1ccc(N)c(C=N)c1)C(C)(C)CN. The van der Waals surface area contributed by atoms with Gasteiger partial charge in [0.15, 0.2) is 0 Å². The zero-order chi connectivity index (χ0) is 14.6. The molecule has 0 amide bonds. The third-order valence-electron chi connectivity index (χ3n) is 3.85. The summed E-state index contributed by atoms with van der Waals surface area (Å²) < 4.78 is 0. The maximum atomic E-state index is 7.43. The van der Waals surface area contributed by atoms with Crippen LogP contribution in [-0.4, -0.2) is 12.8 Å². The molecule has 1 rings (SSSR count). The van der Waals surface area contributed by atoms with Gasteiger partial charge in [-0.1, -0.05) is 33.8 Å². The maximum Gasteiger partial charge on any atom is 0.0403 e. The lowest BCUT2D eigenvalue weighted by atomic mass is 9.71. The van der Waals surface area contributed by atoms with Crippen LogP contribution in [0.1, 0.15) is 51.2 Å². The van der Waals surface area contributed by atoms with Crippen LogP contribution in [0.25, 0.3) is 0 Å². The molecule has 0 bridgehead atoms. The quantitative estimate of drug-likeness (QED) is 0.542. The molecular weight excluding hydrogens is 234 g/mol. The van der Waals surface area contributed by atoms with Crippen LogP contribution in [0.2, 0.25) is 0 Å². The first kappa shape index (κ1) is 15.7. The predicted octanol–water partition coefficient (Wildman–Crippen LogP) is 3.38. The number of nitrogen functional groups attached to an aromatic ring is 1. The van der Waals surface area contributed by atoms with Gasteiger partial charge in [-0.3, -0.25) is 0 Å². The van der Waals surface area contributed by atoms with E-state index in [1.165, 1.54) is 11.8 Å². The summed E-state index contributed by atoms with van der Waals surface area (Å²) in [5.41, 5.74) is 14.5. The topological polar surface area (TPSA) is 75.9 Å². The second-order valence-electron chi connectivity index (χ2n) is 6.41. The van der Waals surface area contributed by atoms with Gasteiger partial charge in [-0.15, -0.1) is 0 Å².